The minimum atomic E-state index is -0.227. The van der Waals surface area contributed by atoms with Gasteiger partial charge in [0.15, 0.2) is 0 Å². The lowest BCUT2D eigenvalue weighted by atomic mass is 9.96. The van der Waals surface area contributed by atoms with Gasteiger partial charge in [0.2, 0.25) is 5.91 Å². The fraction of sp³-hybridized carbons (Fsp3) is 0.500. The Balaban J connectivity index is 1.45. The summed E-state index contributed by atoms with van der Waals surface area (Å²) < 4.78 is 4.34. The number of aryl methyl sites for hydroxylation is 2. The maximum atomic E-state index is 13.2. The van der Waals surface area contributed by atoms with E-state index < -0.39 is 0 Å². The molecule has 2 aromatic heterocycles. The molecule has 0 aliphatic carbocycles. The predicted octanol–water partition coefficient (Wildman–Crippen LogP) is 3.60. The molecule has 1 aromatic carbocycles. The summed E-state index contributed by atoms with van der Waals surface area (Å²) in [6.07, 6.45) is 6.81. The van der Waals surface area contributed by atoms with E-state index >= 15 is 0 Å². The third-order valence-electron chi connectivity index (χ3n) is 6.03. The molecule has 4 rings (SSSR count). The number of hydrogen-bond acceptors (Lipinski definition) is 3. The number of hydrogen-bond donors (Lipinski definition) is 0. The van der Waals surface area contributed by atoms with Crippen molar-refractivity contribution in [2.45, 2.75) is 52.6 Å². The Morgan fingerprint density at radius 2 is 2.00 bits per heavy atom. The fourth-order valence-corrected chi connectivity index (χ4v) is 4.36. The predicted molar refractivity (Wildman–Crippen MR) is 110 cm³/mol. The molecule has 0 N–H and O–H groups in total. The number of nitrogens with zero attached hydrogens (tertiary/aromatic N) is 5. The van der Waals surface area contributed by atoms with Crippen LogP contribution in [0.5, 0.6) is 0 Å². The summed E-state index contributed by atoms with van der Waals surface area (Å²) >= 11 is 0. The van der Waals surface area contributed by atoms with E-state index in [2.05, 4.69) is 27.1 Å². The van der Waals surface area contributed by atoms with E-state index in [-0.39, 0.29) is 11.9 Å². The normalized spacial score (nSPS) is 16.6. The average Bonchev–Trinajstić information content (AvgIpc) is 3.30. The summed E-state index contributed by atoms with van der Waals surface area (Å²) in [5.41, 5.74) is 2.01. The molecule has 1 saturated heterocycles. The number of para-hydroxylation sites is 2. The van der Waals surface area contributed by atoms with Crippen LogP contribution in [0.3, 0.4) is 0 Å². The Morgan fingerprint density at radius 3 is 2.68 bits per heavy atom. The summed E-state index contributed by atoms with van der Waals surface area (Å²) in [4.78, 5) is 24.3. The first-order chi connectivity index (χ1) is 13.6. The molecule has 1 aliphatic heterocycles. The van der Waals surface area contributed by atoms with Crippen LogP contribution in [0.15, 0.2) is 36.7 Å². The van der Waals surface area contributed by atoms with E-state index in [0.717, 1.165) is 61.6 Å². The zero-order chi connectivity index (χ0) is 19.7. The number of carbonyl (C=O) groups excluding carboxylic acids is 1. The van der Waals surface area contributed by atoms with Crippen LogP contribution in [0.2, 0.25) is 0 Å². The molecule has 1 fully saturated rings. The van der Waals surface area contributed by atoms with Crippen LogP contribution in [-0.4, -0.2) is 43.0 Å². The van der Waals surface area contributed by atoms with Gasteiger partial charge in [-0.3, -0.25) is 4.79 Å². The van der Waals surface area contributed by atoms with Gasteiger partial charge in [0, 0.05) is 38.4 Å². The van der Waals surface area contributed by atoms with Gasteiger partial charge in [-0.25, -0.2) is 9.97 Å². The van der Waals surface area contributed by atoms with Gasteiger partial charge >= 0.3 is 0 Å². The molecule has 3 aromatic rings. The Morgan fingerprint density at radius 1 is 1.25 bits per heavy atom. The van der Waals surface area contributed by atoms with Crippen molar-refractivity contribution in [3.05, 3.63) is 48.3 Å². The molecule has 0 saturated carbocycles. The quantitative estimate of drug-likeness (QED) is 0.681. The van der Waals surface area contributed by atoms with Crippen LogP contribution in [0.1, 0.15) is 44.4 Å². The number of fused-ring (bicyclic) bond motifs is 1. The standard InChI is InChI=1S/C22H29N5O/c1-4-21-24-19-7-5-6-8-20(19)27(21)16(2)22(28)25-12-9-18(10-13-25)15-26-14-11-23-17(26)3/h5-8,11,14,16,18H,4,9-10,12-13,15H2,1-3H3/t16-/m1/s1. The Hall–Kier alpha value is -2.63. The molecule has 1 atom stereocenters. The zero-order valence-electron chi connectivity index (χ0n) is 17.0. The highest BCUT2D eigenvalue weighted by molar-refractivity contribution is 5.84. The van der Waals surface area contributed by atoms with Crippen molar-refractivity contribution < 1.29 is 4.79 Å². The fourth-order valence-electron chi connectivity index (χ4n) is 4.36. The van der Waals surface area contributed by atoms with E-state index in [0.29, 0.717) is 5.92 Å². The van der Waals surface area contributed by atoms with Gasteiger partial charge in [-0.2, -0.15) is 0 Å². The van der Waals surface area contributed by atoms with E-state index in [4.69, 9.17) is 4.98 Å². The number of aromatic nitrogens is 4. The van der Waals surface area contributed by atoms with Crippen LogP contribution in [0, 0.1) is 12.8 Å². The second-order valence-electron chi connectivity index (χ2n) is 7.81. The third kappa shape index (κ3) is 3.43. The maximum absolute atomic E-state index is 13.2. The number of imidazole rings is 2. The number of amides is 1. The minimum Gasteiger partial charge on any atom is -0.341 e. The van der Waals surface area contributed by atoms with Gasteiger partial charge in [0.05, 0.1) is 11.0 Å². The van der Waals surface area contributed by atoms with Crippen LogP contribution in [-0.2, 0) is 17.8 Å². The van der Waals surface area contributed by atoms with Gasteiger partial charge in [-0.1, -0.05) is 19.1 Å². The first-order valence-corrected chi connectivity index (χ1v) is 10.3. The molecular weight excluding hydrogens is 350 g/mol. The van der Waals surface area contributed by atoms with E-state index in [1.54, 1.807) is 0 Å². The van der Waals surface area contributed by atoms with Crippen molar-refractivity contribution >= 4 is 16.9 Å². The number of benzene rings is 1. The molecule has 6 nitrogen and oxygen atoms in total. The lowest BCUT2D eigenvalue weighted by Gasteiger charge is -2.34. The van der Waals surface area contributed by atoms with Gasteiger partial charge < -0.3 is 14.0 Å². The molecule has 28 heavy (non-hydrogen) atoms. The van der Waals surface area contributed by atoms with Gasteiger partial charge in [0.25, 0.3) is 0 Å². The largest absolute Gasteiger partial charge is 0.341 e. The van der Waals surface area contributed by atoms with Crippen LogP contribution in [0.25, 0.3) is 11.0 Å². The van der Waals surface area contributed by atoms with E-state index in [1.165, 1.54) is 0 Å². The van der Waals surface area contributed by atoms with Crippen molar-refractivity contribution in [2.75, 3.05) is 13.1 Å². The van der Waals surface area contributed by atoms with Crippen molar-refractivity contribution in [3.63, 3.8) is 0 Å². The summed E-state index contributed by atoms with van der Waals surface area (Å²) in [7, 11) is 0. The van der Waals surface area contributed by atoms with Gasteiger partial charge in [-0.05, 0) is 44.7 Å². The molecule has 148 valence electrons. The molecule has 1 amide bonds. The minimum absolute atomic E-state index is 0.204. The van der Waals surface area contributed by atoms with Gasteiger partial charge in [-0.15, -0.1) is 0 Å². The maximum Gasteiger partial charge on any atom is 0.245 e. The molecule has 0 radical (unpaired) electrons. The molecule has 0 unspecified atom stereocenters. The highest BCUT2D eigenvalue weighted by Gasteiger charge is 2.29. The zero-order valence-corrected chi connectivity index (χ0v) is 17.0. The topological polar surface area (TPSA) is 56.0 Å². The average molecular weight is 380 g/mol. The van der Waals surface area contributed by atoms with Crippen molar-refractivity contribution in [2.24, 2.45) is 5.92 Å². The van der Waals surface area contributed by atoms with E-state index in [9.17, 15) is 4.79 Å². The Kier molecular flexibility index (Phi) is 5.20. The summed E-state index contributed by atoms with van der Waals surface area (Å²) in [6, 6.07) is 7.87. The number of rotatable bonds is 5. The van der Waals surface area contributed by atoms with E-state index in [1.807, 2.05) is 49.3 Å². The monoisotopic (exact) mass is 379 g/mol. The number of carbonyl (C=O) groups is 1. The van der Waals surface area contributed by atoms with Crippen molar-refractivity contribution in [1.29, 1.82) is 0 Å². The molecule has 3 heterocycles. The summed E-state index contributed by atoms with van der Waals surface area (Å²) in [5, 5.41) is 0. The molecule has 0 spiro atoms. The number of likely N-dealkylation sites (tertiary alicyclic amines) is 1. The third-order valence-corrected chi connectivity index (χ3v) is 6.03. The lowest BCUT2D eigenvalue weighted by Crippen LogP contribution is -2.42. The first kappa shape index (κ1) is 18.7. The first-order valence-electron chi connectivity index (χ1n) is 10.3. The van der Waals surface area contributed by atoms with Crippen LogP contribution in [0.4, 0.5) is 0 Å². The Labute approximate surface area is 166 Å². The molecular formula is C22H29N5O. The van der Waals surface area contributed by atoms with Crippen LogP contribution >= 0.6 is 0 Å². The highest BCUT2D eigenvalue weighted by atomic mass is 16.2. The molecule has 6 heteroatoms. The lowest BCUT2D eigenvalue weighted by molar-refractivity contribution is -0.135. The van der Waals surface area contributed by atoms with Gasteiger partial charge in [0.1, 0.15) is 17.7 Å². The number of piperidine rings is 1. The molecule has 0 bridgehead atoms. The summed E-state index contributed by atoms with van der Waals surface area (Å²) in [5.74, 6) is 2.85. The Bertz CT molecular complexity index is 964. The second kappa shape index (κ2) is 7.78. The smallest absolute Gasteiger partial charge is 0.245 e. The summed E-state index contributed by atoms with van der Waals surface area (Å²) in [6.45, 7) is 8.80. The van der Waals surface area contributed by atoms with Crippen molar-refractivity contribution in [3.8, 4) is 0 Å². The van der Waals surface area contributed by atoms with Crippen LogP contribution < -0.4 is 0 Å². The highest BCUT2D eigenvalue weighted by Crippen LogP contribution is 2.26. The molecule has 1 aliphatic rings. The van der Waals surface area contributed by atoms with Crippen molar-refractivity contribution in [1.82, 2.24) is 24.0 Å². The second-order valence-corrected chi connectivity index (χ2v) is 7.81. The SMILES string of the molecule is CCc1nc2ccccc2n1[C@H](C)C(=O)N1CCC(Cn2ccnc2C)CC1.